The van der Waals surface area contributed by atoms with Crippen LogP contribution in [0.2, 0.25) is 0 Å². The molecular weight excluding hydrogens is 438 g/mol. The standard InChI is InChI=1S/C22H24F2N4O2S.H2O/c1-4-5-8-28-13-17(9-14(2)21(28)29)20-16(12-25-22(26-20)27-31(3)30)10-15-6-7-18(23)11-19(15)24;/h6-7,9,11-13H,4-5,8,10H2,1-3H3,(H,25,26,27);1H2. The van der Waals surface area contributed by atoms with Crippen molar-refractivity contribution in [2.24, 2.45) is 0 Å². The van der Waals surface area contributed by atoms with E-state index in [0.29, 0.717) is 34.5 Å². The van der Waals surface area contributed by atoms with Gasteiger partial charge in [0.2, 0.25) is 5.95 Å². The van der Waals surface area contributed by atoms with Crippen LogP contribution in [0.5, 0.6) is 0 Å². The quantitative estimate of drug-likeness (QED) is 0.552. The highest BCUT2D eigenvalue weighted by Crippen LogP contribution is 2.26. The summed E-state index contributed by atoms with van der Waals surface area (Å²) in [5.41, 5.74) is 2.52. The summed E-state index contributed by atoms with van der Waals surface area (Å²) in [6.45, 7) is 4.35. The molecule has 1 unspecified atom stereocenters. The van der Waals surface area contributed by atoms with Crippen LogP contribution in [0.1, 0.15) is 36.5 Å². The maximum absolute atomic E-state index is 14.3. The Morgan fingerprint density at radius 2 is 1.94 bits per heavy atom. The fourth-order valence-corrected chi connectivity index (χ4v) is 3.60. The van der Waals surface area contributed by atoms with Crippen LogP contribution in [0.3, 0.4) is 0 Å². The third-order valence-corrected chi connectivity index (χ3v) is 5.26. The predicted octanol–water partition coefficient (Wildman–Crippen LogP) is 3.16. The number of pyridine rings is 1. The van der Waals surface area contributed by atoms with Gasteiger partial charge in [-0.15, -0.1) is 0 Å². The van der Waals surface area contributed by atoms with Gasteiger partial charge in [-0.1, -0.05) is 19.4 Å². The number of aryl methyl sites for hydroxylation is 2. The van der Waals surface area contributed by atoms with Crippen molar-refractivity contribution >= 4 is 16.9 Å². The molecule has 0 saturated heterocycles. The molecule has 3 rings (SSSR count). The number of rotatable bonds is 8. The highest BCUT2D eigenvalue weighted by atomic mass is 32.2. The van der Waals surface area contributed by atoms with Crippen LogP contribution < -0.4 is 10.3 Å². The molecule has 0 aliphatic rings. The number of benzene rings is 1. The van der Waals surface area contributed by atoms with Crippen molar-refractivity contribution in [3.8, 4) is 11.3 Å². The van der Waals surface area contributed by atoms with Gasteiger partial charge in [0.15, 0.2) is 0 Å². The molecule has 0 amide bonds. The van der Waals surface area contributed by atoms with Crippen LogP contribution in [0, 0.1) is 18.6 Å². The number of aromatic nitrogens is 3. The van der Waals surface area contributed by atoms with Crippen molar-refractivity contribution in [1.82, 2.24) is 14.5 Å². The lowest BCUT2D eigenvalue weighted by Crippen LogP contribution is -2.22. The monoisotopic (exact) mass is 464 g/mol. The van der Waals surface area contributed by atoms with Crippen molar-refractivity contribution < 1.29 is 18.5 Å². The summed E-state index contributed by atoms with van der Waals surface area (Å²) in [7, 11) is -1.38. The SMILES string of the molecule is CCCCn1cc(-c2nc(NS(C)=O)ncc2Cc2ccc(F)cc2F)cc(C)c1=O.O. The third-order valence-electron chi connectivity index (χ3n) is 4.79. The first-order chi connectivity index (χ1) is 14.8. The second kappa shape index (κ2) is 11.1. The minimum atomic E-state index is -1.38. The smallest absolute Gasteiger partial charge is 0.253 e. The molecule has 10 heteroatoms. The summed E-state index contributed by atoms with van der Waals surface area (Å²) >= 11 is 0. The zero-order valence-electron chi connectivity index (χ0n) is 18.1. The highest BCUT2D eigenvalue weighted by Gasteiger charge is 2.15. The van der Waals surface area contributed by atoms with E-state index < -0.39 is 22.6 Å². The molecular formula is C22H26F2N4O3S. The molecule has 3 N–H and O–H groups in total. The molecule has 0 spiro atoms. The number of nitrogens with zero attached hydrogens (tertiary/aromatic N) is 3. The Labute approximate surface area is 187 Å². The van der Waals surface area contributed by atoms with E-state index in [2.05, 4.69) is 14.7 Å². The highest BCUT2D eigenvalue weighted by molar-refractivity contribution is 7.85. The Morgan fingerprint density at radius 1 is 1.19 bits per heavy atom. The molecule has 2 aromatic heterocycles. The Bertz CT molecular complexity index is 1180. The summed E-state index contributed by atoms with van der Waals surface area (Å²) in [6.07, 6.45) is 6.63. The van der Waals surface area contributed by atoms with Crippen LogP contribution in [0.4, 0.5) is 14.7 Å². The predicted molar refractivity (Wildman–Crippen MR) is 122 cm³/mol. The van der Waals surface area contributed by atoms with Gasteiger partial charge in [-0.3, -0.25) is 9.52 Å². The fourth-order valence-electron chi connectivity index (χ4n) is 3.24. The van der Waals surface area contributed by atoms with Crippen LogP contribution >= 0.6 is 0 Å². The van der Waals surface area contributed by atoms with Crippen LogP contribution in [-0.4, -0.2) is 30.5 Å². The Kier molecular flexibility index (Phi) is 8.73. The van der Waals surface area contributed by atoms with Gasteiger partial charge >= 0.3 is 0 Å². The summed E-state index contributed by atoms with van der Waals surface area (Å²) in [5, 5.41) is 0. The van der Waals surface area contributed by atoms with E-state index in [1.54, 1.807) is 23.8 Å². The first-order valence-corrected chi connectivity index (χ1v) is 11.5. The van der Waals surface area contributed by atoms with Crippen LogP contribution in [0.15, 0.2) is 41.5 Å². The number of nitrogens with one attached hydrogen (secondary N) is 1. The average molecular weight is 465 g/mol. The lowest BCUT2D eigenvalue weighted by Gasteiger charge is -2.14. The zero-order chi connectivity index (χ0) is 22.5. The largest absolute Gasteiger partial charge is 0.412 e. The van der Waals surface area contributed by atoms with Gasteiger partial charge in [-0.05, 0) is 31.0 Å². The maximum Gasteiger partial charge on any atom is 0.253 e. The van der Waals surface area contributed by atoms with Crippen molar-refractivity contribution in [1.29, 1.82) is 0 Å². The minimum absolute atomic E-state index is 0. The van der Waals surface area contributed by atoms with E-state index in [9.17, 15) is 17.8 Å². The van der Waals surface area contributed by atoms with E-state index in [0.717, 1.165) is 18.9 Å². The van der Waals surface area contributed by atoms with Gasteiger partial charge in [0.25, 0.3) is 5.56 Å². The zero-order valence-corrected chi connectivity index (χ0v) is 18.9. The van der Waals surface area contributed by atoms with E-state index in [1.807, 2.05) is 6.92 Å². The topological polar surface area (TPSA) is 108 Å². The van der Waals surface area contributed by atoms with Gasteiger partial charge in [0.05, 0.1) is 5.69 Å². The average Bonchev–Trinajstić information content (AvgIpc) is 2.71. The van der Waals surface area contributed by atoms with E-state index in [-0.39, 0.29) is 23.4 Å². The van der Waals surface area contributed by atoms with Crippen molar-refractivity contribution in [3.63, 3.8) is 0 Å². The summed E-state index contributed by atoms with van der Waals surface area (Å²) in [4.78, 5) is 21.2. The molecule has 7 nitrogen and oxygen atoms in total. The molecule has 0 fully saturated rings. The molecule has 1 atom stereocenters. The molecule has 3 aromatic rings. The normalized spacial score (nSPS) is 11.7. The molecule has 0 bridgehead atoms. The van der Waals surface area contributed by atoms with Crippen LogP contribution in [0.25, 0.3) is 11.3 Å². The maximum atomic E-state index is 14.3. The van der Waals surface area contributed by atoms with Gasteiger partial charge in [-0.25, -0.2) is 23.0 Å². The molecule has 1 aromatic carbocycles. The Morgan fingerprint density at radius 3 is 2.59 bits per heavy atom. The minimum Gasteiger partial charge on any atom is -0.412 e. The first kappa shape index (κ1) is 25.3. The van der Waals surface area contributed by atoms with Gasteiger partial charge in [0.1, 0.15) is 22.6 Å². The molecule has 2 heterocycles. The number of unbranched alkanes of at least 4 members (excludes halogenated alkanes) is 1. The van der Waals surface area contributed by atoms with Crippen molar-refractivity contribution in [2.75, 3.05) is 11.0 Å². The number of halogens is 2. The molecule has 32 heavy (non-hydrogen) atoms. The number of anilines is 1. The van der Waals surface area contributed by atoms with Gasteiger partial charge in [0, 0.05) is 54.4 Å². The number of hydrogen-bond acceptors (Lipinski definition) is 4. The number of hydrogen-bond donors (Lipinski definition) is 1. The molecule has 172 valence electrons. The lowest BCUT2D eigenvalue weighted by molar-refractivity contribution is 0.574. The van der Waals surface area contributed by atoms with Crippen molar-refractivity contribution in [3.05, 3.63) is 75.3 Å². The summed E-state index contributed by atoms with van der Waals surface area (Å²) in [6, 6.07) is 5.14. The molecule has 0 aliphatic carbocycles. The van der Waals surface area contributed by atoms with E-state index in [1.165, 1.54) is 24.6 Å². The summed E-state index contributed by atoms with van der Waals surface area (Å²) in [5.74, 6) is -1.16. The van der Waals surface area contributed by atoms with Crippen molar-refractivity contribution in [2.45, 2.75) is 39.7 Å². The van der Waals surface area contributed by atoms with Gasteiger partial charge in [-0.2, -0.15) is 0 Å². The summed E-state index contributed by atoms with van der Waals surface area (Å²) < 4.78 is 43.4. The Hall–Kier alpha value is -2.98. The molecule has 0 aliphatic heterocycles. The molecule has 0 radical (unpaired) electrons. The van der Waals surface area contributed by atoms with E-state index >= 15 is 0 Å². The molecule has 0 saturated carbocycles. The second-order valence-corrected chi connectivity index (χ2v) is 8.41. The van der Waals surface area contributed by atoms with E-state index in [4.69, 9.17) is 0 Å². The van der Waals surface area contributed by atoms with Crippen LogP contribution in [-0.2, 0) is 24.0 Å². The van der Waals surface area contributed by atoms with Gasteiger partial charge < -0.3 is 10.0 Å². The lowest BCUT2D eigenvalue weighted by atomic mass is 10.0. The fraction of sp³-hybridized carbons (Fsp3) is 0.318. The Balaban J connectivity index is 0.00000363. The second-order valence-electron chi connectivity index (χ2n) is 7.30. The third kappa shape index (κ3) is 6.04. The first-order valence-electron chi connectivity index (χ1n) is 9.90.